The largest absolute Gasteiger partial charge is 0.316 e. The Morgan fingerprint density at radius 1 is 1.63 bits per heavy atom. The molecule has 1 fully saturated rings. The summed E-state index contributed by atoms with van der Waals surface area (Å²) in [5, 5.41) is 7.52. The van der Waals surface area contributed by atoms with E-state index in [1.165, 1.54) is 19.2 Å². The molecule has 0 saturated carbocycles. The standard InChI is InChI=1S/C14H24N4O/c1-3-18-14(16-10-17-18)8-13(19)7-11(2)12-5-4-6-15-9-12/h10-12,15H,3-9H2,1-2H3. The predicted molar refractivity (Wildman–Crippen MR) is 73.8 cm³/mol. The van der Waals surface area contributed by atoms with Crippen LogP contribution < -0.4 is 5.32 Å². The number of carbonyl (C=O) groups excluding carboxylic acids is 1. The Bertz CT molecular complexity index is 409. The molecule has 0 aromatic carbocycles. The number of piperidine rings is 1. The highest BCUT2D eigenvalue weighted by Gasteiger charge is 2.22. The highest BCUT2D eigenvalue weighted by molar-refractivity contribution is 5.80. The molecule has 1 aliphatic heterocycles. The number of ketones is 1. The van der Waals surface area contributed by atoms with E-state index in [0.717, 1.165) is 25.5 Å². The summed E-state index contributed by atoms with van der Waals surface area (Å²) < 4.78 is 1.80. The van der Waals surface area contributed by atoms with Gasteiger partial charge in [-0.15, -0.1) is 0 Å². The van der Waals surface area contributed by atoms with Gasteiger partial charge in [-0.3, -0.25) is 4.79 Å². The van der Waals surface area contributed by atoms with Gasteiger partial charge in [0.2, 0.25) is 0 Å². The number of nitrogens with zero attached hydrogens (tertiary/aromatic N) is 3. The van der Waals surface area contributed by atoms with Gasteiger partial charge in [0.1, 0.15) is 17.9 Å². The quantitative estimate of drug-likeness (QED) is 0.844. The van der Waals surface area contributed by atoms with Crippen molar-refractivity contribution in [1.82, 2.24) is 20.1 Å². The summed E-state index contributed by atoms with van der Waals surface area (Å²) in [5.41, 5.74) is 0. The minimum atomic E-state index is 0.278. The first-order chi connectivity index (χ1) is 9.20. The topological polar surface area (TPSA) is 59.8 Å². The number of aryl methyl sites for hydroxylation is 1. The Labute approximate surface area is 114 Å². The van der Waals surface area contributed by atoms with Crippen LogP contribution in [-0.4, -0.2) is 33.6 Å². The van der Waals surface area contributed by atoms with Crippen LogP contribution in [0.3, 0.4) is 0 Å². The molecular weight excluding hydrogens is 240 g/mol. The molecule has 0 amide bonds. The Hall–Kier alpha value is -1.23. The van der Waals surface area contributed by atoms with Crippen LogP contribution in [0.1, 0.15) is 38.9 Å². The molecule has 1 aromatic rings. The molecule has 1 aliphatic rings. The molecular formula is C14H24N4O. The number of Topliss-reactive ketones (excluding diaryl/α,β-unsaturated/α-hetero) is 1. The number of nitrogens with one attached hydrogen (secondary N) is 1. The van der Waals surface area contributed by atoms with Gasteiger partial charge in [-0.2, -0.15) is 5.10 Å². The third kappa shape index (κ3) is 3.86. The lowest BCUT2D eigenvalue weighted by Crippen LogP contribution is -2.34. The summed E-state index contributed by atoms with van der Waals surface area (Å²) in [6.07, 6.45) is 5.07. The first-order valence-electron chi connectivity index (χ1n) is 7.29. The number of hydrogen-bond donors (Lipinski definition) is 1. The molecule has 2 rings (SSSR count). The normalized spacial score (nSPS) is 21.3. The Balaban J connectivity index is 1.83. The third-order valence-corrected chi connectivity index (χ3v) is 4.04. The van der Waals surface area contributed by atoms with Crippen molar-refractivity contribution in [3.8, 4) is 0 Å². The molecule has 0 radical (unpaired) electrons. The van der Waals surface area contributed by atoms with E-state index in [4.69, 9.17) is 0 Å². The van der Waals surface area contributed by atoms with E-state index >= 15 is 0 Å². The average molecular weight is 264 g/mol. The van der Waals surface area contributed by atoms with Crippen LogP contribution in [0.2, 0.25) is 0 Å². The molecule has 19 heavy (non-hydrogen) atoms. The van der Waals surface area contributed by atoms with Crippen molar-refractivity contribution < 1.29 is 4.79 Å². The van der Waals surface area contributed by atoms with E-state index in [9.17, 15) is 4.79 Å². The van der Waals surface area contributed by atoms with Gasteiger partial charge in [-0.25, -0.2) is 9.67 Å². The van der Waals surface area contributed by atoms with E-state index in [0.29, 0.717) is 24.7 Å². The van der Waals surface area contributed by atoms with Crippen molar-refractivity contribution in [3.63, 3.8) is 0 Å². The van der Waals surface area contributed by atoms with Crippen molar-refractivity contribution in [2.45, 2.75) is 46.1 Å². The fourth-order valence-electron chi connectivity index (χ4n) is 2.83. The molecule has 5 heteroatoms. The minimum absolute atomic E-state index is 0.278. The van der Waals surface area contributed by atoms with Gasteiger partial charge in [0.25, 0.3) is 0 Å². The maximum absolute atomic E-state index is 12.1. The molecule has 106 valence electrons. The molecule has 2 heterocycles. The lowest BCUT2D eigenvalue weighted by atomic mass is 9.84. The zero-order valence-electron chi connectivity index (χ0n) is 11.9. The maximum atomic E-state index is 12.1. The summed E-state index contributed by atoms with van der Waals surface area (Å²) in [5.74, 6) is 2.17. The Morgan fingerprint density at radius 2 is 2.47 bits per heavy atom. The lowest BCUT2D eigenvalue weighted by molar-refractivity contribution is -0.119. The average Bonchev–Trinajstić information content (AvgIpc) is 2.86. The Kier molecular flexibility index (Phi) is 5.07. The summed E-state index contributed by atoms with van der Waals surface area (Å²) in [6, 6.07) is 0. The lowest BCUT2D eigenvalue weighted by Gasteiger charge is -2.27. The number of rotatable bonds is 6. The van der Waals surface area contributed by atoms with Crippen LogP contribution in [0.5, 0.6) is 0 Å². The zero-order chi connectivity index (χ0) is 13.7. The molecule has 1 aromatic heterocycles. The zero-order valence-corrected chi connectivity index (χ0v) is 11.9. The molecule has 0 aliphatic carbocycles. The van der Waals surface area contributed by atoms with Crippen molar-refractivity contribution in [3.05, 3.63) is 12.2 Å². The van der Waals surface area contributed by atoms with Crippen LogP contribution in [-0.2, 0) is 17.8 Å². The summed E-state index contributed by atoms with van der Waals surface area (Å²) in [6.45, 7) is 7.15. The predicted octanol–water partition coefficient (Wildman–Crippen LogP) is 1.44. The third-order valence-electron chi connectivity index (χ3n) is 4.04. The second-order valence-electron chi connectivity index (χ2n) is 5.50. The van der Waals surface area contributed by atoms with Gasteiger partial charge in [0, 0.05) is 13.0 Å². The van der Waals surface area contributed by atoms with Crippen LogP contribution in [0.15, 0.2) is 6.33 Å². The van der Waals surface area contributed by atoms with Crippen LogP contribution >= 0.6 is 0 Å². The van der Waals surface area contributed by atoms with Gasteiger partial charge in [0.05, 0.1) is 6.42 Å². The summed E-state index contributed by atoms with van der Waals surface area (Å²) >= 11 is 0. The van der Waals surface area contributed by atoms with E-state index in [2.05, 4.69) is 22.3 Å². The maximum Gasteiger partial charge on any atom is 0.140 e. The summed E-state index contributed by atoms with van der Waals surface area (Å²) in [4.78, 5) is 16.3. The fraction of sp³-hybridized carbons (Fsp3) is 0.786. The smallest absolute Gasteiger partial charge is 0.140 e. The first kappa shape index (κ1) is 14.2. The van der Waals surface area contributed by atoms with Gasteiger partial charge in [-0.1, -0.05) is 6.92 Å². The number of hydrogen-bond acceptors (Lipinski definition) is 4. The van der Waals surface area contributed by atoms with Crippen LogP contribution in [0, 0.1) is 11.8 Å². The first-order valence-corrected chi connectivity index (χ1v) is 7.29. The number of aromatic nitrogens is 3. The van der Waals surface area contributed by atoms with Crippen LogP contribution in [0.4, 0.5) is 0 Å². The highest BCUT2D eigenvalue weighted by Crippen LogP contribution is 2.23. The second-order valence-corrected chi connectivity index (χ2v) is 5.50. The summed E-state index contributed by atoms with van der Waals surface area (Å²) in [7, 11) is 0. The van der Waals surface area contributed by atoms with Crippen molar-refractivity contribution in [2.75, 3.05) is 13.1 Å². The van der Waals surface area contributed by atoms with Gasteiger partial charge >= 0.3 is 0 Å². The molecule has 1 N–H and O–H groups in total. The van der Waals surface area contributed by atoms with E-state index < -0.39 is 0 Å². The minimum Gasteiger partial charge on any atom is -0.316 e. The molecule has 5 nitrogen and oxygen atoms in total. The Morgan fingerprint density at radius 3 is 3.16 bits per heavy atom. The molecule has 2 atom stereocenters. The fourth-order valence-corrected chi connectivity index (χ4v) is 2.83. The molecule has 0 spiro atoms. The van der Waals surface area contributed by atoms with Crippen LogP contribution in [0.25, 0.3) is 0 Å². The van der Waals surface area contributed by atoms with E-state index in [1.54, 1.807) is 4.68 Å². The molecule has 1 saturated heterocycles. The van der Waals surface area contributed by atoms with E-state index in [-0.39, 0.29) is 5.78 Å². The molecule has 0 bridgehead atoms. The van der Waals surface area contributed by atoms with Gasteiger partial charge in [0.15, 0.2) is 0 Å². The second kappa shape index (κ2) is 6.80. The van der Waals surface area contributed by atoms with E-state index in [1.807, 2.05) is 6.92 Å². The SMILES string of the molecule is CCn1ncnc1CC(=O)CC(C)C1CCCNC1. The monoisotopic (exact) mass is 264 g/mol. The van der Waals surface area contributed by atoms with Crippen molar-refractivity contribution in [2.24, 2.45) is 11.8 Å². The number of carbonyl (C=O) groups is 1. The van der Waals surface area contributed by atoms with Gasteiger partial charge in [-0.05, 0) is 44.7 Å². The highest BCUT2D eigenvalue weighted by atomic mass is 16.1. The van der Waals surface area contributed by atoms with Crippen molar-refractivity contribution in [1.29, 1.82) is 0 Å². The van der Waals surface area contributed by atoms with Gasteiger partial charge < -0.3 is 5.32 Å². The molecule has 2 unspecified atom stereocenters. The van der Waals surface area contributed by atoms with Crippen molar-refractivity contribution >= 4 is 5.78 Å².